The highest BCUT2D eigenvalue weighted by atomic mass is 32.2. The zero-order chi connectivity index (χ0) is 24.6. The van der Waals surface area contributed by atoms with Crippen molar-refractivity contribution in [2.24, 2.45) is 0 Å². The Morgan fingerprint density at radius 2 is 1.63 bits per heavy atom. The smallest absolute Gasteiger partial charge is 0.387 e. The third-order valence-electron chi connectivity index (χ3n) is 6.46. The number of carbonyl (C=O) groups excluding carboxylic acids is 1. The number of ether oxygens (including phenoxy) is 1. The van der Waals surface area contributed by atoms with E-state index in [4.69, 9.17) is 0 Å². The van der Waals surface area contributed by atoms with Gasteiger partial charge in [-0.05, 0) is 60.2 Å². The van der Waals surface area contributed by atoms with Crippen molar-refractivity contribution in [2.75, 3.05) is 18.0 Å². The van der Waals surface area contributed by atoms with Crippen LogP contribution < -0.4 is 9.64 Å². The minimum absolute atomic E-state index is 0.0251. The molecule has 1 amide bonds. The molecule has 2 aliphatic heterocycles. The number of aryl methyl sites for hydroxylation is 1. The van der Waals surface area contributed by atoms with E-state index < -0.39 is 22.5 Å². The predicted molar refractivity (Wildman–Crippen MR) is 127 cm³/mol. The van der Waals surface area contributed by atoms with Crippen LogP contribution in [0.25, 0.3) is 0 Å². The monoisotopic (exact) mass is 498 g/mol. The molecule has 0 bridgehead atoms. The lowest BCUT2D eigenvalue weighted by Gasteiger charge is -2.31. The molecule has 3 aromatic rings. The normalized spacial score (nSPS) is 16.0. The van der Waals surface area contributed by atoms with Crippen LogP contribution in [-0.2, 0) is 29.4 Å². The van der Waals surface area contributed by atoms with E-state index in [1.165, 1.54) is 39.5 Å². The molecule has 0 saturated heterocycles. The van der Waals surface area contributed by atoms with Crippen LogP contribution in [0.3, 0.4) is 0 Å². The number of anilines is 1. The SMILES string of the molecule is O=C(c1cccc(S(=O)(=O)N2CCc3ccccc3C2)c1)N1CCCc2cccc(OC(F)F)c21. The summed E-state index contributed by atoms with van der Waals surface area (Å²) in [5.41, 5.74) is 3.31. The molecule has 0 saturated carbocycles. The lowest BCUT2D eigenvalue weighted by Crippen LogP contribution is -2.37. The van der Waals surface area contributed by atoms with Crippen molar-refractivity contribution in [1.29, 1.82) is 0 Å². The highest BCUT2D eigenvalue weighted by molar-refractivity contribution is 7.89. The molecule has 182 valence electrons. The molecule has 2 heterocycles. The lowest BCUT2D eigenvalue weighted by molar-refractivity contribution is -0.0495. The second-order valence-electron chi connectivity index (χ2n) is 8.59. The van der Waals surface area contributed by atoms with Crippen LogP contribution in [0.4, 0.5) is 14.5 Å². The summed E-state index contributed by atoms with van der Waals surface area (Å²) in [7, 11) is -3.84. The van der Waals surface area contributed by atoms with E-state index in [0.717, 1.165) is 16.7 Å². The number of nitrogens with zero attached hydrogens (tertiary/aromatic N) is 2. The summed E-state index contributed by atoms with van der Waals surface area (Å²) >= 11 is 0. The molecular weight excluding hydrogens is 474 g/mol. The molecule has 0 aliphatic carbocycles. The van der Waals surface area contributed by atoms with Crippen LogP contribution in [0.5, 0.6) is 5.75 Å². The van der Waals surface area contributed by atoms with Crippen molar-refractivity contribution in [2.45, 2.75) is 37.3 Å². The first kappa shape index (κ1) is 23.4. The van der Waals surface area contributed by atoms with E-state index in [2.05, 4.69) is 4.74 Å². The largest absolute Gasteiger partial charge is 0.433 e. The Morgan fingerprint density at radius 3 is 2.43 bits per heavy atom. The van der Waals surface area contributed by atoms with E-state index >= 15 is 0 Å². The minimum atomic E-state index is -3.84. The van der Waals surface area contributed by atoms with Gasteiger partial charge >= 0.3 is 6.61 Å². The van der Waals surface area contributed by atoms with Gasteiger partial charge in [-0.1, -0.05) is 42.5 Å². The molecule has 5 rings (SSSR count). The van der Waals surface area contributed by atoms with Crippen molar-refractivity contribution in [3.8, 4) is 5.75 Å². The number of halogens is 2. The van der Waals surface area contributed by atoms with E-state index in [1.807, 2.05) is 24.3 Å². The number of carbonyl (C=O) groups is 1. The number of hydrogen-bond acceptors (Lipinski definition) is 4. The zero-order valence-electron chi connectivity index (χ0n) is 18.9. The molecular formula is C26H24F2N2O4S. The quantitative estimate of drug-likeness (QED) is 0.515. The third-order valence-corrected chi connectivity index (χ3v) is 8.30. The minimum Gasteiger partial charge on any atom is -0.433 e. The number of para-hydroxylation sites is 1. The summed E-state index contributed by atoms with van der Waals surface area (Å²) in [4.78, 5) is 14.9. The topological polar surface area (TPSA) is 66.9 Å². The van der Waals surface area contributed by atoms with Gasteiger partial charge in [0.1, 0.15) is 5.75 Å². The van der Waals surface area contributed by atoms with Gasteiger partial charge in [0.2, 0.25) is 10.0 Å². The first-order valence-electron chi connectivity index (χ1n) is 11.4. The van der Waals surface area contributed by atoms with Crippen molar-refractivity contribution in [3.05, 3.63) is 89.0 Å². The number of rotatable bonds is 5. The molecule has 0 aromatic heterocycles. The van der Waals surface area contributed by atoms with Crippen LogP contribution in [-0.4, -0.2) is 38.3 Å². The van der Waals surface area contributed by atoms with Crippen molar-refractivity contribution in [1.82, 2.24) is 4.31 Å². The summed E-state index contributed by atoms with van der Waals surface area (Å²) in [6.07, 6.45) is 1.90. The second kappa shape index (κ2) is 9.39. The van der Waals surface area contributed by atoms with Crippen LogP contribution in [0.1, 0.15) is 33.5 Å². The molecule has 0 N–H and O–H groups in total. The van der Waals surface area contributed by atoms with Crippen molar-refractivity contribution >= 4 is 21.6 Å². The Labute approximate surface area is 202 Å². The van der Waals surface area contributed by atoms with Crippen LogP contribution >= 0.6 is 0 Å². The maximum atomic E-state index is 13.5. The first-order chi connectivity index (χ1) is 16.8. The van der Waals surface area contributed by atoms with Crippen molar-refractivity contribution in [3.63, 3.8) is 0 Å². The molecule has 0 unspecified atom stereocenters. The summed E-state index contributed by atoms with van der Waals surface area (Å²) in [6, 6.07) is 18.5. The average Bonchev–Trinajstić information content (AvgIpc) is 2.87. The molecule has 0 spiro atoms. The van der Waals surface area contributed by atoms with Gasteiger partial charge in [0.15, 0.2) is 0 Å². The van der Waals surface area contributed by atoms with Gasteiger partial charge in [-0.3, -0.25) is 4.79 Å². The average molecular weight is 499 g/mol. The van der Waals surface area contributed by atoms with Crippen molar-refractivity contribution < 1.29 is 26.7 Å². The second-order valence-corrected chi connectivity index (χ2v) is 10.5. The number of benzene rings is 3. The molecule has 35 heavy (non-hydrogen) atoms. The number of fused-ring (bicyclic) bond motifs is 2. The number of alkyl halides is 2. The predicted octanol–water partition coefficient (Wildman–Crippen LogP) is 4.63. The Kier molecular flexibility index (Phi) is 6.29. The van der Waals surface area contributed by atoms with Gasteiger partial charge in [0, 0.05) is 25.2 Å². The molecule has 2 aliphatic rings. The Morgan fingerprint density at radius 1 is 0.886 bits per heavy atom. The van der Waals surface area contributed by atoms with Gasteiger partial charge in [-0.2, -0.15) is 13.1 Å². The summed E-state index contributed by atoms with van der Waals surface area (Å²) in [6.45, 7) is -2.09. The fraction of sp³-hybridized carbons (Fsp3) is 0.269. The standard InChI is InChI=1S/C26H24F2N2O4S/c27-26(28)34-23-12-4-8-19-10-5-14-30(24(19)23)25(31)20-9-3-11-22(16-20)35(32,33)29-15-13-18-6-1-2-7-21(18)17-29/h1-4,6-9,11-12,16,26H,5,10,13-15,17H2. The van der Waals surface area contributed by atoms with Gasteiger partial charge < -0.3 is 9.64 Å². The van der Waals surface area contributed by atoms with E-state index in [9.17, 15) is 22.0 Å². The number of amides is 1. The number of sulfonamides is 1. The van der Waals surface area contributed by atoms with Gasteiger partial charge in [0.05, 0.1) is 10.6 Å². The molecule has 0 fully saturated rings. The van der Waals surface area contributed by atoms with Gasteiger partial charge in [-0.15, -0.1) is 0 Å². The van der Waals surface area contributed by atoms with E-state index in [0.29, 0.717) is 38.0 Å². The third kappa shape index (κ3) is 4.53. The Balaban J connectivity index is 1.45. The molecule has 9 heteroatoms. The summed E-state index contributed by atoms with van der Waals surface area (Å²) < 4.78 is 58.9. The fourth-order valence-electron chi connectivity index (χ4n) is 4.78. The number of hydrogen-bond donors (Lipinski definition) is 0. The maximum absolute atomic E-state index is 13.5. The molecule has 3 aromatic carbocycles. The van der Waals surface area contributed by atoms with Crippen LogP contribution in [0.15, 0.2) is 71.6 Å². The highest BCUT2D eigenvalue weighted by Gasteiger charge is 2.31. The van der Waals surface area contributed by atoms with Crippen LogP contribution in [0.2, 0.25) is 0 Å². The first-order valence-corrected chi connectivity index (χ1v) is 12.8. The maximum Gasteiger partial charge on any atom is 0.387 e. The molecule has 0 radical (unpaired) electrons. The van der Waals surface area contributed by atoms with Gasteiger partial charge in [0.25, 0.3) is 5.91 Å². The molecule has 0 atom stereocenters. The Bertz CT molecular complexity index is 1380. The molecule has 6 nitrogen and oxygen atoms in total. The fourth-order valence-corrected chi connectivity index (χ4v) is 6.24. The van der Waals surface area contributed by atoms with Crippen LogP contribution in [0, 0.1) is 0 Å². The summed E-state index contributed by atoms with van der Waals surface area (Å²) in [5, 5.41) is 0. The van der Waals surface area contributed by atoms with E-state index in [-0.39, 0.29) is 22.8 Å². The highest BCUT2D eigenvalue weighted by Crippen LogP contribution is 2.38. The summed E-state index contributed by atoms with van der Waals surface area (Å²) in [5.74, 6) is -0.529. The zero-order valence-corrected chi connectivity index (χ0v) is 19.7. The Hall–Kier alpha value is -3.30. The van der Waals surface area contributed by atoms with Gasteiger partial charge in [-0.25, -0.2) is 8.42 Å². The van der Waals surface area contributed by atoms with E-state index in [1.54, 1.807) is 12.1 Å². The lowest BCUT2D eigenvalue weighted by atomic mass is 10.00.